The zero-order chi connectivity index (χ0) is 18.9. The van der Waals surface area contributed by atoms with Gasteiger partial charge in [-0.15, -0.1) is 11.3 Å². The van der Waals surface area contributed by atoms with E-state index < -0.39 is 35.0 Å². The predicted octanol–water partition coefficient (Wildman–Crippen LogP) is 5.36. The Kier molecular flexibility index (Phi) is 4.73. The molecule has 0 saturated carbocycles. The lowest BCUT2D eigenvalue weighted by Crippen LogP contribution is -2.13. The Hall–Kier alpha value is -2.81. The Labute approximate surface area is 148 Å². The molecular formula is C17H9F5N2OS. The van der Waals surface area contributed by atoms with Crippen molar-refractivity contribution in [2.75, 3.05) is 5.32 Å². The van der Waals surface area contributed by atoms with Gasteiger partial charge >= 0.3 is 6.18 Å². The van der Waals surface area contributed by atoms with E-state index in [1.54, 1.807) is 0 Å². The van der Waals surface area contributed by atoms with Crippen LogP contribution >= 0.6 is 11.3 Å². The number of thiazole rings is 1. The topological polar surface area (TPSA) is 42.0 Å². The molecule has 0 fully saturated rings. The molecular weight excluding hydrogens is 375 g/mol. The smallest absolute Gasteiger partial charge is 0.315 e. The number of halogens is 5. The highest BCUT2D eigenvalue weighted by Gasteiger charge is 2.30. The van der Waals surface area contributed by atoms with Crippen LogP contribution < -0.4 is 5.32 Å². The molecule has 3 aromatic rings. The number of nitrogens with zero attached hydrogens (tertiary/aromatic N) is 1. The summed E-state index contributed by atoms with van der Waals surface area (Å²) in [5, 5.41) is 1.94. The minimum atomic E-state index is -4.50. The third-order valence-electron chi connectivity index (χ3n) is 3.38. The number of carbonyl (C=O) groups excluding carboxylic acids is 1. The second-order valence-corrected chi connectivity index (χ2v) is 6.19. The lowest BCUT2D eigenvalue weighted by Gasteiger charge is -2.07. The van der Waals surface area contributed by atoms with Crippen molar-refractivity contribution in [1.82, 2.24) is 4.98 Å². The Morgan fingerprint density at radius 3 is 2.35 bits per heavy atom. The molecule has 0 aliphatic heterocycles. The Bertz CT molecular complexity index is 948. The first-order valence-corrected chi connectivity index (χ1v) is 7.96. The van der Waals surface area contributed by atoms with Crippen LogP contribution in [0.5, 0.6) is 0 Å². The second kappa shape index (κ2) is 6.83. The molecule has 0 aliphatic rings. The van der Waals surface area contributed by atoms with E-state index in [9.17, 15) is 26.7 Å². The molecule has 0 atom stereocenters. The van der Waals surface area contributed by atoms with Crippen LogP contribution in [0, 0.1) is 11.6 Å². The van der Waals surface area contributed by atoms with Gasteiger partial charge < -0.3 is 5.32 Å². The molecule has 3 rings (SSSR count). The number of alkyl halides is 3. The van der Waals surface area contributed by atoms with E-state index in [0.717, 1.165) is 41.7 Å². The number of hydrogen-bond acceptors (Lipinski definition) is 3. The standard InChI is InChI=1S/C17H9F5N2OS/c18-11-5-2-6-12(19)14(11)24-15(25)16-23-8-13(26-16)9-3-1-4-10(7-9)17(20,21)22/h1-8H,(H,24,25). The van der Waals surface area contributed by atoms with Crippen LogP contribution in [0.15, 0.2) is 48.7 Å². The average Bonchev–Trinajstić information content (AvgIpc) is 3.08. The third kappa shape index (κ3) is 3.72. The molecule has 0 radical (unpaired) electrons. The largest absolute Gasteiger partial charge is 0.416 e. The fraction of sp³-hybridized carbons (Fsp3) is 0.0588. The van der Waals surface area contributed by atoms with Crippen molar-refractivity contribution in [3.05, 3.63) is 70.9 Å². The van der Waals surface area contributed by atoms with Crippen LogP contribution in [0.2, 0.25) is 0 Å². The summed E-state index contributed by atoms with van der Waals surface area (Å²) in [4.78, 5) is 16.2. The molecule has 26 heavy (non-hydrogen) atoms. The fourth-order valence-electron chi connectivity index (χ4n) is 2.15. The van der Waals surface area contributed by atoms with Gasteiger partial charge in [0.2, 0.25) is 0 Å². The summed E-state index contributed by atoms with van der Waals surface area (Å²) in [5.74, 6) is -2.77. The molecule has 0 spiro atoms. The molecule has 1 amide bonds. The molecule has 0 unspecified atom stereocenters. The summed E-state index contributed by atoms with van der Waals surface area (Å²) >= 11 is 0.809. The maximum Gasteiger partial charge on any atom is 0.416 e. The van der Waals surface area contributed by atoms with Gasteiger partial charge in [0.15, 0.2) is 5.01 Å². The van der Waals surface area contributed by atoms with Crippen LogP contribution in [-0.4, -0.2) is 10.9 Å². The van der Waals surface area contributed by atoms with Crippen molar-refractivity contribution in [2.45, 2.75) is 6.18 Å². The van der Waals surface area contributed by atoms with Crippen LogP contribution in [0.1, 0.15) is 15.4 Å². The van der Waals surface area contributed by atoms with E-state index in [2.05, 4.69) is 10.3 Å². The highest BCUT2D eigenvalue weighted by atomic mass is 32.1. The molecule has 9 heteroatoms. The first kappa shape index (κ1) is 18.0. The van der Waals surface area contributed by atoms with Gasteiger partial charge in [0.05, 0.1) is 10.4 Å². The lowest BCUT2D eigenvalue weighted by atomic mass is 10.1. The third-order valence-corrected chi connectivity index (χ3v) is 4.42. The van der Waals surface area contributed by atoms with Gasteiger partial charge in [-0.25, -0.2) is 13.8 Å². The van der Waals surface area contributed by atoms with Gasteiger partial charge in [0.1, 0.15) is 17.3 Å². The maximum atomic E-state index is 13.6. The second-order valence-electron chi connectivity index (χ2n) is 5.16. The quantitative estimate of drug-likeness (QED) is 0.618. The number of rotatable bonds is 3. The summed E-state index contributed by atoms with van der Waals surface area (Å²) in [6, 6.07) is 7.66. The normalized spacial score (nSPS) is 11.4. The number of nitrogens with one attached hydrogen (secondary N) is 1. The van der Waals surface area contributed by atoms with Crippen molar-refractivity contribution in [3.8, 4) is 10.4 Å². The summed E-state index contributed by atoms with van der Waals surface area (Å²) in [6.07, 6.45) is -3.27. The number of benzene rings is 2. The van der Waals surface area contributed by atoms with Gasteiger partial charge in [-0.2, -0.15) is 13.2 Å². The lowest BCUT2D eigenvalue weighted by molar-refractivity contribution is -0.137. The number of amides is 1. The molecule has 1 N–H and O–H groups in total. The maximum absolute atomic E-state index is 13.6. The fourth-order valence-corrected chi connectivity index (χ4v) is 2.95. The molecule has 3 nitrogen and oxygen atoms in total. The summed E-state index contributed by atoms with van der Waals surface area (Å²) in [5.41, 5.74) is -1.22. The minimum Gasteiger partial charge on any atom is -0.315 e. The highest BCUT2D eigenvalue weighted by molar-refractivity contribution is 7.17. The molecule has 0 bridgehead atoms. The zero-order valence-electron chi connectivity index (χ0n) is 12.8. The van der Waals surface area contributed by atoms with Gasteiger partial charge in [-0.1, -0.05) is 18.2 Å². The van der Waals surface area contributed by atoms with Gasteiger partial charge in [-0.05, 0) is 29.8 Å². The van der Waals surface area contributed by atoms with Crippen LogP contribution in [0.25, 0.3) is 10.4 Å². The monoisotopic (exact) mass is 384 g/mol. The first-order chi connectivity index (χ1) is 12.3. The van der Waals surface area contributed by atoms with Crippen LogP contribution in [0.4, 0.5) is 27.6 Å². The summed E-state index contributed by atoms with van der Waals surface area (Å²) in [7, 11) is 0. The van der Waals surface area contributed by atoms with E-state index in [0.29, 0.717) is 4.88 Å². The SMILES string of the molecule is O=C(Nc1c(F)cccc1F)c1ncc(-c2cccc(C(F)(F)F)c2)s1. The average molecular weight is 384 g/mol. The number of aromatic nitrogens is 1. The molecule has 1 aromatic heterocycles. The predicted molar refractivity (Wildman–Crippen MR) is 86.9 cm³/mol. The van der Waals surface area contributed by atoms with E-state index >= 15 is 0 Å². The Balaban J connectivity index is 1.85. The van der Waals surface area contributed by atoms with E-state index in [1.807, 2.05) is 0 Å². The molecule has 134 valence electrons. The van der Waals surface area contributed by atoms with Gasteiger partial charge in [-0.3, -0.25) is 4.79 Å². The van der Waals surface area contributed by atoms with E-state index in [-0.39, 0.29) is 10.6 Å². The number of para-hydroxylation sites is 1. The molecule has 0 aliphatic carbocycles. The van der Waals surface area contributed by atoms with Crippen molar-refractivity contribution in [2.24, 2.45) is 0 Å². The van der Waals surface area contributed by atoms with Crippen molar-refractivity contribution >= 4 is 22.9 Å². The van der Waals surface area contributed by atoms with E-state index in [1.165, 1.54) is 18.3 Å². The first-order valence-electron chi connectivity index (χ1n) is 7.14. The van der Waals surface area contributed by atoms with Crippen molar-refractivity contribution in [3.63, 3.8) is 0 Å². The van der Waals surface area contributed by atoms with Gasteiger partial charge in [0.25, 0.3) is 5.91 Å². The number of anilines is 1. The number of carbonyl (C=O) groups is 1. The summed E-state index contributed by atoms with van der Waals surface area (Å²) < 4.78 is 65.5. The Morgan fingerprint density at radius 2 is 1.69 bits per heavy atom. The minimum absolute atomic E-state index is 0.139. The van der Waals surface area contributed by atoms with Crippen LogP contribution in [0.3, 0.4) is 0 Å². The van der Waals surface area contributed by atoms with Crippen molar-refractivity contribution in [1.29, 1.82) is 0 Å². The Morgan fingerprint density at radius 1 is 1.04 bits per heavy atom. The molecule has 2 aromatic carbocycles. The highest BCUT2D eigenvalue weighted by Crippen LogP contribution is 2.34. The molecule has 1 heterocycles. The summed E-state index contributed by atoms with van der Waals surface area (Å²) in [6.45, 7) is 0. The molecule has 0 saturated heterocycles. The number of hydrogen-bond donors (Lipinski definition) is 1. The zero-order valence-corrected chi connectivity index (χ0v) is 13.6. The van der Waals surface area contributed by atoms with Crippen LogP contribution in [-0.2, 0) is 6.18 Å². The van der Waals surface area contributed by atoms with Crippen molar-refractivity contribution < 1.29 is 26.7 Å². The van der Waals surface area contributed by atoms with Gasteiger partial charge in [0, 0.05) is 6.20 Å². The van der Waals surface area contributed by atoms with E-state index in [4.69, 9.17) is 0 Å².